The third-order valence-corrected chi connectivity index (χ3v) is 5.82. The Balaban J connectivity index is 1.58. The van der Waals surface area contributed by atoms with Gasteiger partial charge in [0.2, 0.25) is 11.8 Å². The first kappa shape index (κ1) is 21.3. The Morgan fingerprint density at radius 3 is 2.12 bits per heavy atom. The number of nitrogens with zero attached hydrogens (tertiary/aromatic N) is 1. The lowest BCUT2D eigenvalue weighted by Crippen LogP contribution is -2.51. The largest absolute Gasteiger partial charge is 0.368 e. The van der Waals surface area contributed by atoms with Gasteiger partial charge in [-0.25, -0.2) is 0 Å². The lowest BCUT2D eigenvalue weighted by Gasteiger charge is -2.36. The van der Waals surface area contributed by atoms with Gasteiger partial charge >= 0.3 is 0 Å². The number of carbonyl (C=O) groups is 3. The molecule has 0 spiro atoms. The molecule has 3 amide bonds. The van der Waals surface area contributed by atoms with Crippen molar-refractivity contribution in [3.63, 3.8) is 0 Å². The number of hydrogen-bond acceptors (Lipinski definition) is 3. The Hall–Kier alpha value is -3.93. The van der Waals surface area contributed by atoms with Crippen LogP contribution in [0.15, 0.2) is 84.9 Å². The van der Waals surface area contributed by atoms with E-state index in [1.54, 1.807) is 24.3 Å². The molecule has 2 atom stereocenters. The van der Waals surface area contributed by atoms with Gasteiger partial charge in [-0.1, -0.05) is 72.8 Å². The number of nitrogens with two attached hydrogens (primary N) is 1. The van der Waals surface area contributed by atoms with E-state index in [9.17, 15) is 14.4 Å². The molecule has 4 rings (SSSR count). The summed E-state index contributed by atoms with van der Waals surface area (Å²) in [6, 6.07) is 24.7. The smallest absolute Gasteiger partial charge is 0.251 e. The maximum Gasteiger partial charge on any atom is 0.251 e. The molecule has 3 aromatic carbocycles. The molecule has 0 saturated carbocycles. The quantitative estimate of drug-likeness (QED) is 0.633. The Kier molecular flexibility index (Phi) is 6.31. The van der Waals surface area contributed by atoms with Gasteiger partial charge in [-0.05, 0) is 28.8 Å². The van der Waals surface area contributed by atoms with E-state index in [2.05, 4.69) is 5.32 Å². The summed E-state index contributed by atoms with van der Waals surface area (Å²) in [6.45, 7) is 0.316. The van der Waals surface area contributed by atoms with E-state index in [0.29, 0.717) is 18.5 Å². The Bertz CT molecular complexity index is 1120. The van der Waals surface area contributed by atoms with Gasteiger partial charge in [0.25, 0.3) is 5.91 Å². The average Bonchev–Trinajstić information content (AvgIpc) is 2.83. The molecule has 3 aromatic rings. The monoisotopic (exact) mass is 427 g/mol. The number of amides is 3. The van der Waals surface area contributed by atoms with Gasteiger partial charge in [0.15, 0.2) is 0 Å². The summed E-state index contributed by atoms with van der Waals surface area (Å²) in [6.07, 6.45) is 0.415. The zero-order valence-corrected chi connectivity index (χ0v) is 17.6. The number of nitrogens with one attached hydrogen (secondary N) is 1. The first-order chi connectivity index (χ1) is 15.5. The van der Waals surface area contributed by atoms with Crippen molar-refractivity contribution in [2.75, 3.05) is 0 Å². The molecular weight excluding hydrogens is 402 g/mol. The molecule has 0 aliphatic carbocycles. The van der Waals surface area contributed by atoms with Crippen LogP contribution in [0.4, 0.5) is 0 Å². The Morgan fingerprint density at radius 1 is 0.875 bits per heavy atom. The van der Waals surface area contributed by atoms with Crippen LogP contribution in [-0.2, 0) is 22.6 Å². The predicted molar refractivity (Wildman–Crippen MR) is 121 cm³/mol. The molecule has 162 valence electrons. The summed E-state index contributed by atoms with van der Waals surface area (Å²) in [5.74, 6) is -1.02. The number of fused-ring (bicyclic) bond motifs is 1. The molecule has 6 heteroatoms. The van der Waals surface area contributed by atoms with Gasteiger partial charge in [-0.15, -0.1) is 0 Å². The highest BCUT2D eigenvalue weighted by atomic mass is 16.2. The van der Waals surface area contributed by atoms with Crippen LogP contribution in [0.3, 0.4) is 0 Å². The molecule has 0 unspecified atom stereocenters. The number of primary amides is 1. The summed E-state index contributed by atoms with van der Waals surface area (Å²) in [7, 11) is 0. The first-order valence-electron chi connectivity index (χ1n) is 10.6. The molecule has 1 aliphatic heterocycles. The molecule has 0 radical (unpaired) electrons. The minimum Gasteiger partial charge on any atom is -0.368 e. The van der Waals surface area contributed by atoms with Crippen LogP contribution in [0.1, 0.15) is 39.5 Å². The van der Waals surface area contributed by atoms with Crippen LogP contribution in [0.5, 0.6) is 0 Å². The lowest BCUT2D eigenvalue weighted by atomic mass is 9.92. The average molecular weight is 428 g/mol. The van der Waals surface area contributed by atoms with Crippen LogP contribution in [0.2, 0.25) is 0 Å². The number of rotatable bonds is 6. The topological polar surface area (TPSA) is 92.5 Å². The summed E-state index contributed by atoms with van der Waals surface area (Å²) in [4.78, 5) is 39.9. The van der Waals surface area contributed by atoms with Gasteiger partial charge in [0, 0.05) is 18.5 Å². The molecule has 0 aromatic heterocycles. The third-order valence-electron chi connectivity index (χ3n) is 5.82. The van der Waals surface area contributed by atoms with E-state index < -0.39 is 18.0 Å². The van der Waals surface area contributed by atoms with E-state index in [0.717, 1.165) is 16.7 Å². The summed E-state index contributed by atoms with van der Waals surface area (Å²) >= 11 is 0. The van der Waals surface area contributed by atoms with E-state index in [1.165, 1.54) is 4.90 Å². The molecule has 32 heavy (non-hydrogen) atoms. The van der Waals surface area contributed by atoms with Gasteiger partial charge in [-0.2, -0.15) is 0 Å². The van der Waals surface area contributed by atoms with Gasteiger partial charge < -0.3 is 16.0 Å². The van der Waals surface area contributed by atoms with Crippen molar-refractivity contribution >= 4 is 17.7 Å². The normalized spacial score (nSPS) is 16.0. The van der Waals surface area contributed by atoms with E-state index in [-0.39, 0.29) is 18.2 Å². The Morgan fingerprint density at radius 2 is 1.47 bits per heavy atom. The van der Waals surface area contributed by atoms with Gasteiger partial charge in [0.05, 0.1) is 12.5 Å². The second-order valence-electron chi connectivity index (χ2n) is 7.92. The van der Waals surface area contributed by atoms with Crippen LogP contribution in [0.25, 0.3) is 0 Å². The second kappa shape index (κ2) is 9.47. The highest BCUT2D eigenvalue weighted by Crippen LogP contribution is 2.26. The van der Waals surface area contributed by atoms with Crippen molar-refractivity contribution in [1.82, 2.24) is 10.2 Å². The fourth-order valence-electron chi connectivity index (χ4n) is 4.10. The third kappa shape index (κ3) is 4.70. The number of hydrogen-bond donors (Lipinski definition) is 2. The van der Waals surface area contributed by atoms with Crippen molar-refractivity contribution < 1.29 is 14.4 Å². The predicted octanol–water partition coefficient (Wildman–Crippen LogP) is 2.99. The minimum atomic E-state index is -0.710. The maximum atomic E-state index is 13.4. The summed E-state index contributed by atoms with van der Waals surface area (Å²) < 4.78 is 0. The highest BCUT2D eigenvalue weighted by Gasteiger charge is 2.34. The molecule has 3 N–H and O–H groups in total. The van der Waals surface area contributed by atoms with Crippen LogP contribution in [-0.4, -0.2) is 28.7 Å². The lowest BCUT2D eigenvalue weighted by molar-refractivity contribution is -0.141. The van der Waals surface area contributed by atoms with Crippen LogP contribution >= 0.6 is 0 Å². The van der Waals surface area contributed by atoms with Crippen molar-refractivity contribution in [3.8, 4) is 0 Å². The van der Waals surface area contributed by atoms with Crippen molar-refractivity contribution in [2.24, 2.45) is 5.73 Å². The molecule has 0 bridgehead atoms. The molecule has 6 nitrogen and oxygen atoms in total. The number of benzene rings is 3. The minimum absolute atomic E-state index is 0.0224. The Labute approximate surface area is 187 Å². The van der Waals surface area contributed by atoms with E-state index >= 15 is 0 Å². The molecular formula is C26H25N3O3. The highest BCUT2D eigenvalue weighted by molar-refractivity contribution is 5.95. The maximum absolute atomic E-state index is 13.4. The van der Waals surface area contributed by atoms with Gasteiger partial charge in [0.1, 0.15) is 6.04 Å². The first-order valence-corrected chi connectivity index (χ1v) is 10.6. The summed E-state index contributed by atoms with van der Waals surface area (Å²) in [5, 5.41) is 2.98. The fourth-order valence-corrected chi connectivity index (χ4v) is 4.10. The van der Waals surface area contributed by atoms with Crippen molar-refractivity contribution in [1.29, 1.82) is 0 Å². The standard InChI is InChI=1S/C26H25N3O3/c27-25(31)23-15-20-13-7-8-14-21(20)17-29(23)24(30)16-22(18-9-3-1-4-10-18)28-26(32)19-11-5-2-6-12-19/h1-14,22-23H,15-17H2,(H2,27,31)(H,28,32)/t22-,23-/m0/s1. The van der Waals surface area contributed by atoms with E-state index in [4.69, 9.17) is 5.73 Å². The molecule has 1 aliphatic rings. The SMILES string of the molecule is NC(=O)[C@@H]1Cc2ccccc2CN1C(=O)C[C@H](NC(=O)c1ccccc1)c1ccccc1. The van der Waals surface area contributed by atoms with Crippen LogP contribution in [0, 0.1) is 0 Å². The molecule has 1 heterocycles. The van der Waals surface area contributed by atoms with Gasteiger partial charge in [-0.3, -0.25) is 14.4 Å². The molecule has 0 fully saturated rings. The zero-order valence-electron chi connectivity index (χ0n) is 17.6. The van der Waals surface area contributed by atoms with Crippen molar-refractivity contribution in [2.45, 2.75) is 31.5 Å². The molecule has 0 saturated heterocycles. The van der Waals surface area contributed by atoms with Crippen LogP contribution < -0.4 is 11.1 Å². The summed E-state index contributed by atoms with van der Waals surface area (Å²) in [5.41, 5.74) is 9.01. The number of carbonyl (C=O) groups excluding carboxylic acids is 3. The van der Waals surface area contributed by atoms with E-state index in [1.807, 2.05) is 60.7 Å². The second-order valence-corrected chi connectivity index (χ2v) is 7.92. The van der Waals surface area contributed by atoms with Crippen molar-refractivity contribution in [3.05, 3.63) is 107 Å². The zero-order chi connectivity index (χ0) is 22.5. The fraction of sp³-hybridized carbons (Fsp3) is 0.192.